The topological polar surface area (TPSA) is 85.5 Å². The molecule has 2 unspecified atom stereocenters. The number of hydrogen-bond donors (Lipinski definition) is 2. The molecule has 2 N–H and O–H groups in total. The van der Waals surface area contributed by atoms with Crippen molar-refractivity contribution in [3.05, 3.63) is 71.2 Å². The molecule has 188 valence electrons. The highest BCUT2D eigenvalue weighted by atomic mass is 19.1. The van der Waals surface area contributed by atoms with E-state index in [1.807, 2.05) is 38.1 Å². The number of H-pyrrole nitrogens is 1. The number of carbonyl (C=O) groups excluding carboxylic acids is 3. The Labute approximate surface area is 209 Å². The Morgan fingerprint density at radius 2 is 1.86 bits per heavy atom. The number of fused-ring (bicyclic) bond motifs is 5. The van der Waals surface area contributed by atoms with Gasteiger partial charge in [0.1, 0.15) is 11.9 Å². The van der Waals surface area contributed by atoms with E-state index in [9.17, 15) is 18.8 Å². The molecule has 0 saturated carbocycles. The molecule has 1 saturated heterocycles. The van der Waals surface area contributed by atoms with Crippen LogP contribution in [0.2, 0.25) is 0 Å². The van der Waals surface area contributed by atoms with Crippen LogP contribution in [0, 0.1) is 11.7 Å². The predicted molar refractivity (Wildman–Crippen MR) is 135 cm³/mol. The summed E-state index contributed by atoms with van der Waals surface area (Å²) >= 11 is 0. The van der Waals surface area contributed by atoms with Crippen molar-refractivity contribution in [2.45, 2.75) is 51.6 Å². The van der Waals surface area contributed by atoms with Gasteiger partial charge in [-0.1, -0.05) is 50.2 Å². The fraction of sp³-hybridized carbons (Fsp3) is 0.393. The molecule has 0 aliphatic carbocycles. The van der Waals surface area contributed by atoms with Gasteiger partial charge in [-0.25, -0.2) is 14.1 Å². The molecule has 0 radical (unpaired) electrons. The van der Waals surface area contributed by atoms with Crippen molar-refractivity contribution in [1.29, 1.82) is 0 Å². The minimum absolute atomic E-state index is 0.0713. The Morgan fingerprint density at radius 1 is 1.14 bits per heavy atom. The first-order valence-corrected chi connectivity index (χ1v) is 12.5. The van der Waals surface area contributed by atoms with Crippen LogP contribution in [-0.2, 0) is 28.0 Å². The Hall–Kier alpha value is -3.68. The van der Waals surface area contributed by atoms with Crippen molar-refractivity contribution >= 4 is 28.7 Å². The number of aromatic nitrogens is 1. The zero-order valence-electron chi connectivity index (χ0n) is 20.8. The second-order valence-electron chi connectivity index (χ2n) is 10.2. The van der Waals surface area contributed by atoms with Gasteiger partial charge in [-0.15, -0.1) is 0 Å². The van der Waals surface area contributed by atoms with Crippen LogP contribution in [0.4, 0.5) is 9.18 Å². The molecule has 5 rings (SSSR count). The van der Waals surface area contributed by atoms with Crippen molar-refractivity contribution in [3.63, 3.8) is 0 Å². The van der Waals surface area contributed by atoms with Crippen molar-refractivity contribution in [2.75, 3.05) is 13.1 Å². The second-order valence-corrected chi connectivity index (χ2v) is 10.2. The zero-order valence-corrected chi connectivity index (χ0v) is 20.8. The number of halogens is 1. The third-order valence-electron chi connectivity index (χ3n) is 7.46. The van der Waals surface area contributed by atoms with Gasteiger partial charge in [0, 0.05) is 24.0 Å². The Bertz CT molecular complexity index is 1350. The highest BCUT2D eigenvalue weighted by Gasteiger charge is 2.60. The molecule has 2 aliphatic heterocycles. The lowest BCUT2D eigenvalue weighted by atomic mass is 9.87. The lowest BCUT2D eigenvalue weighted by Crippen LogP contribution is -2.51. The fourth-order valence-corrected chi connectivity index (χ4v) is 5.61. The quantitative estimate of drug-likeness (QED) is 0.489. The maximum atomic E-state index is 14.0. The molecular weight excluding hydrogens is 459 g/mol. The van der Waals surface area contributed by atoms with Crippen LogP contribution in [0.5, 0.6) is 0 Å². The summed E-state index contributed by atoms with van der Waals surface area (Å²) in [7, 11) is 0. The SMILES string of the molecule is CC(C)CC(C(=O)NCCc1ccccc1F)N1C(=O)N2CCc3c([nH]c4ccccc34)C2(C)C1=O. The van der Waals surface area contributed by atoms with Gasteiger partial charge < -0.3 is 15.2 Å². The number of carbonyl (C=O) groups is 3. The lowest BCUT2D eigenvalue weighted by molar-refractivity contribution is -0.140. The number of nitrogens with zero attached hydrogens (tertiary/aromatic N) is 2. The molecule has 2 atom stereocenters. The van der Waals surface area contributed by atoms with E-state index >= 15 is 0 Å². The van der Waals surface area contributed by atoms with Gasteiger partial charge in [0.15, 0.2) is 5.54 Å². The second kappa shape index (κ2) is 9.08. The van der Waals surface area contributed by atoms with E-state index in [-0.39, 0.29) is 18.3 Å². The number of rotatable bonds is 7. The van der Waals surface area contributed by atoms with E-state index < -0.39 is 29.4 Å². The molecule has 4 amide bonds. The summed E-state index contributed by atoms with van der Waals surface area (Å²) in [5, 5.41) is 3.89. The number of para-hydroxylation sites is 1. The van der Waals surface area contributed by atoms with Gasteiger partial charge in [-0.05, 0) is 55.4 Å². The molecule has 3 heterocycles. The summed E-state index contributed by atoms with van der Waals surface area (Å²) in [6.07, 6.45) is 1.29. The minimum atomic E-state index is -1.20. The summed E-state index contributed by atoms with van der Waals surface area (Å²) in [6, 6.07) is 12.9. The maximum absolute atomic E-state index is 14.0. The molecule has 2 aromatic carbocycles. The van der Waals surface area contributed by atoms with Crippen LogP contribution in [0.1, 0.15) is 44.0 Å². The number of benzene rings is 2. The highest BCUT2D eigenvalue weighted by Crippen LogP contribution is 2.44. The van der Waals surface area contributed by atoms with Crippen molar-refractivity contribution in [2.24, 2.45) is 5.92 Å². The number of aromatic amines is 1. The van der Waals surface area contributed by atoms with Crippen LogP contribution >= 0.6 is 0 Å². The number of amides is 4. The van der Waals surface area contributed by atoms with Crippen LogP contribution in [0.15, 0.2) is 48.5 Å². The van der Waals surface area contributed by atoms with E-state index in [1.54, 1.807) is 30.0 Å². The largest absolute Gasteiger partial charge is 0.356 e. The van der Waals surface area contributed by atoms with Gasteiger partial charge in [-0.3, -0.25) is 9.59 Å². The van der Waals surface area contributed by atoms with Gasteiger partial charge in [0.2, 0.25) is 5.91 Å². The monoisotopic (exact) mass is 490 g/mol. The average Bonchev–Trinajstić information content (AvgIpc) is 3.32. The predicted octanol–water partition coefficient (Wildman–Crippen LogP) is 4.12. The van der Waals surface area contributed by atoms with Crippen LogP contribution in [-0.4, -0.2) is 51.8 Å². The number of nitrogens with one attached hydrogen (secondary N) is 2. The van der Waals surface area contributed by atoms with Gasteiger partial charge in [0.25, 0.3) is 5.91 Å². The summed E-state index contributed by atoms with van der Waals surface area (Å²) in [4.78, 5) is 47.1. The molecule has 1 aromatic heterocycles. The molecule has 8 heteroatoms. The molecule has 2 aliphatic rings. The van der Waals surface area contributed by atoms with Gasteiger partial charge in [-0.2, -0.15) is 0 Å². The van der Waals surface area contributed by atoms with E-state index in [1.165, 1.54) is 6.07 Å². The standard InChI is InChI=1S/C28H31FN4O3/c1-17(2)16-23(25(34)30-14-12-18-8-4-6-10-21(18)29)33-26(35)28(3)24-20(13-15-32(28)27(33)36)19-9-5-7-11-22(19)31-24/h4-11,17,23,31H,12-16H2,1-3H3,(H,30,34). The number of hydrogen-bond acceptors (Lipinski definition) is 3. The fourth-order valence-electron chi connectivity index (χ4n) is 5.61. The van der Waals surface area contributed by atoms with Crippen molar-refractivity contribution in [1.82, 2.24) is 20.1 Å². The maximum Gasteiger partial charge on any atom is 0.328 e. The van der Waals surface area contributed by atoms with E-state index in [0.29, 0.717) is 31.4 Å². The normalized spacial score (nSPS) is 20.1. The third-order valence-corrected chi connectivity index (χ3v) is 7.46. The van der Waals surface area contributed by atoms with Crippen LogP contribution < -0.4 is 5.32 Å². The number of imide groups is 1. The minimum Gasteiger partial charge on any atom is -0.356 e. The smallest absolute Gasteiger partial charge is 0.328 e. The first-order chi connectivity index (χ1) is 17.2. The highest BCUT2D eigenvalue weighted by molar-refractivity contribution is 6.11. The zero-order chi connectivity index (χ0) is 25.6. The Kier molecular flexibility index (Phi) is 6.06. The van der Waals surface area contributed by atoms with Crippen molar-refractivity contribution in [3.8, 4) is 0 Å². The Balaban J connectivity index is 1.43. The average molecular weight is 491 g/mol. The van der Waals surface area contributed by atoms with Gasteiger partial charge in [0.05, 0.1) is 5.69 Å². The van der Waals surface area contributed by atoms with Crippen LogP contribution in [0.25, 0.3) is 10.9 Å². The summed E-state index contributed by atoms with van der Waals surface area (Å²) in [5.41, 5.74) is 1.99. The molecule has 7 nitrogen and oxygen atoms in total. The molecule has 3 aromatic rings. The Morgan fingerprint density at radius 3 is 2.61 bits per heavy atom. The van der Waals surface area contributed by atoms with Crippen LogP contribution in [0.3, 0.4) is 0 Å². The summed E-state index contributed by atoms with van der Waals surface area (Å²) in [5.74, 6) is -1.05. The lowest BCUT2D eigenvalue weighted by Gasteiger charge is -2.36. The van der Waals surface area contributed by atoms with E-state index in [2.05, 4.69) is 10.3 Å². The summed E-state index contributed by atoms with van der Waals surface area (Å²) < 4.78 is 14.0. The first-order valence-electron chi connectivity index (χ1n) is 12.5. The first kappa shape index (κ1) is 24.0. The third kappa shape index (κ3) is 3.75. The molecule has 0 bridgehead atoms. The summed E-state index contributed by atoms with van der Waals surface area (Å²) in [6.45, 7) is 6.28. The van der Waals surface area contributed by atoms with E-state index in [4.69, 9.17) is 0 Å². The molecule has 0 spiro atoms. The molecule has 36 heavy (non-hydrogen) atoms. The van der Waals surface area contributed by atoms with E-state index in [0.717, 1.165) is 27.1 Å². The van der Waals surface area contributed by atoms with Gasteiger partial charge >= 0.3 is 6.03 Å². The molecular formula is C28H31FN4O3. The van der Waals surface area contributed by atoms with Crippen molar-refractivity contribution < 1.29 is 18.8 Å². The number of urea groups is 1. The molecule has 1 fully saturated rings.